The van der Waals surface area contributed by atoms with Crippen LogP contribution in [0.25, 0.3) is 10.6 Å². The summed E-state index contributed by atoms with van der Waals surface area (Å²) < 4.78 is 5.67. The maximum absolute atomic E-state index is 12.8. The third-order valence-electron chi connectivity index (χ3n) is 5.40. The second-order valence-corrected chi connectivity index (χ2v) is 8.46. The van der Waals surface area contributed by atoms with Crippen LogP contribution in [0.5, 0.6) is 5.75 Å². The van der Waals surface area contributed by atoms with E-state index in [2.05, 4.69) is 4.98 Å². The average molecular weight is 372 g/mol. The monoisotopic (exact) mass is 371 g/mol. The summed E-state index contributed by atoms with van der Waals surface area (Å²) in [6.45, 7) is 5.61. The van der Waals surface area contributed by atoms with Crippen molar-refractivity contribution in [3.63, 3.8) is 0 Å². The van der Waals surface area contributed by atoms with E-state index in [1.165, 1.54) is 11.3 Å². The van der Waals surface area contributed by atoms with Crippen LogP contribution in [-0.4, -0.2) is 41.0 Å². The molecule has 0 spiro atoms. The van der Waals surface area contributed by atoms with E-state index in [1.54, 1.807) is 0 Å². The highest BCUT2D eigenvalue weighted by atomic mass is 32.1. The molecule has 1 amide bonds. The number of aromatic nitrogens is 1. The molecule has 1 saturated heterocycles. The zero-order chi connectivity index (χ0) is 18.3. The van der Waals surface area contributed by atoms with Crippen LogP contribution in [0, 0.1) is 11.8 Å². The number of fused-ring (bicyclic) bond motifs is 1. The Labute approximate surface area is 158 Å². The van der Waals surface area contributed by atoms with Crippen LogP contribution in [0.2, 0.25) is 0 Å². The van der Waals surface area contributed by atoms with Crippen LogP contribution in [0.4, 0.5) is 0 Å². The molecule has 3 atom stereocenters. The lowest BCUT2D eigenvalue weighted by molar-refractivity contribution is 0.0774. The zero-order valence-electron chi connectivity index (χ0n) is 15.2. The van der Waals surface area contributed by atoms with Crippen LogP contribution in [0.1, 0.15) is 37.2 Å². The van der Waals surface area contributed by atoms with Crippen molar-refractivity contribution in [3.05, 3.63) is 35.3 Å². The number of likely N-dealkylation sites (tertiary alicyclic amines) is 1. The minimum Gasteiger partial charge on any atom is -0.491 e. The van der Waals surface area contributed by atoms with Gasteiger partial charge in [-0.2, -0.15) is 0 Å². The molecule has 2 heterocycles. The van der Waals surface area contributed by atoms with Gasteiger partial charge in [0, 0.05) is 30.1 Å². The Balaban J connectivity index is 1.45. The van der Waals surface area contributed by atoms with E-state index in [4.69, 9.17) is 10.5 Å². The van der Waals surface area contributed by atoms with Gasteiger partial charge in [0.25, 0.3) is 5.91 Å². The second-order valence-electron chi connectivity index (χ2n) is 7.60. The van der Waals surface area contributed by atoms with Crippen molar-refractivity contribution in [3.8, 4) is 16.3 Å². The SMILES string of the molecule is CC(C)Oc1ccc(-c2nc(C(=O)N3CC4CCC(N)C4C3)cs2)cc1. The number of nitrogens with zero attached hydrogens (tertiary/aromatic N) is 2. The Morgan fingerprint density at radius 3 is 2.73 bits per heavy atom. The van der Waals surface area contributed by atoms with Gasteiger partial charge in [-0.05, 0) is 62.8 Å². The van der Waals surface area contributed by atoms with Crippen molar-refractivity contribution in [1.29, 1.82) is 0 Å². The molecule has 1 aromatic carbocycles. The van der Waals surface area contributed by atoms with Gasteiger partial charge in [-0.3, -0.25) is 4.79 Å². The fraction of sp³-hybridized carbons (Fsp3) is 0.500. The predicted octanol–water partition coefficient (Wildman–Crippen LogP) is 3.41. The molecule has 1 aliphatic carbocycles. The van der Waals surface area contributed by atoms with Crippen molar-refractivity contribution in [1.82, 2.24) is 9.88 Å². The summed E-state index contributed by atoms with van der Waals surface area (Å²) in [4.78, 5) is 19.3. The summed E-state index contributed by atoms with van der Waals surface area (Å²) in [5.41, 5.74) is 7.73. The average Bonchev–Trinajstić information content (AvgIpc) is 3.32. The number of ether oxygens (including phenoxy) is 1. The first-order valence-electron chi connectivity index (χ1n) is 9.28. The summed E-state index contributed by atoms with van der Waals surface area (Å²) in [6, 6.07) is 8.12. The Bertz CT molecular complexity index is 787. The van der Waals surface area contributed by atoms with E-state index in [0.29, 0.717) is 17.5 Å². The maximum Gasteiger partial charge on any atom is 0.273 e. The zero-order valence-corrected chi connectivity index (χ0v) is 16.0. The van der Waals surface area contributed by atoms with Crippen LogP contribution in [-0.2, 0) is 0 Å². The van der Waals surface area contributed by atoms with Gasteiger partial charge in [0.05, 0.1) is 6.10 Å². The van der Waals surface area contributed by atoms with Gasteiger partial charge < -0.3 is 15.4 Å². The van der Waals surface area contributed by atoms with Crippen LogP contribution in [0.15, 0.2) is 29.6 Å². The lowest BCUT2D eigenvalue weighted by atomic mass is 9.98. The number of carbonyl (C=O) groups excluding carboxylic acids is 1. The Kier molecular flexibility index (Phi) is 4.71. The van der Waals surface area contributed by atoms with Gasteiger partial charge in [-0.15, -0.1) is 11.3 Å². The molecule has 26 heavy (non-hydrogen) atoms. The standard InChI is InChI=1S/C20H25N3O2S/c1-12(2)25-15-6-3-13(4-7-15)19-22-18(11-26-19)20(24)23-9-14-5-8-17(21)16(14)10-23/h3-4,6-7,11-12,14,16-17H,5,8-10,21H2,1-2H3. The first-order chi connectivity index (χ1) is 12.5. The molecule has 2 aliphatic rings. The summed E-state index contributed by atoms with van der Waals surface area (Å²) in [7, 11) is 0. The molecule has 2 fully saturated rings. The summed E-state index contributed by atoms with van der Waals surface area (Å²) in [5, 5.41) is 2.73. The summed E-state index contributed by atoms with van der Waals surface area (Å²) in [5.74, 6) is 1.91. The minimum absolute atomic E-state index is 0.0360. The number of hydrogen-bond acceptors (Lipinski definition) is 5. The number of hydrogen-bond donors (Lipinski definition) is 1. The number of amides is 1. The molecule has 0 radical (unpaired) electrons. The summed E-state index contributed by atoms with van der Waals surface area (Å²) in [6.07, 6.45) is 2.38. The van der Waals surface area contributed by atoms with Crippen LogP contribution >= 0.6 is 11.3 Å². The second kappa shape index (κ2) is 7.00. The topological polar surface area (TPSA) is 68.5 Å². The normalized spacial score (nSPS) is 24.9. The van der Waals surface area contributed by atoms with Crippen LogP contribution < -0.4 is 10.5 Å². The molecule has 4 rings (SSSR count). The molecule has 1 aliphatic heterocycles. The van der Waals surface area contributed by atoms with Crippen molar-refractivity contribution in [2.45, 2.75) is 38.8 Å². The molecule has 1 saturated carbocycles. The molecule has 6 heteroatoms. The van der Waals surface area contributed by atoms with E-state index in [9.17, 15) is 4.79 Å². The van der Waals surface area contributed by atoms with Gasteiger partial charge in [-0.25, -0.2) is 4.98 Å². The minimum atomic E-state index is 0.0360. The third kappa shape index (κ3) is 3.35. The van der Waals surface area contributed by atoms with Gasteiger partial charge in [-0.1, -0.05) is 0 Å². The summed E-state index contributed by atoms with van der Waals surface area (Å²) >= 11 is 1.51. The Morgan fingerprint density at radius 1 is 1.27 bits per heavy atom. The fourth-order valence-corrected chi connectivity index (χ4v) is 4.89. The van der Waals surface area contributed by atoms with Crippen LogP contribution in [0.3, 0.4) is 0 Å². The highest BCUT2D eigenvalue weighted by Crippen LogP contribution is 2.38. The quantitative estimate of drug-likeness (QED) is 0.894. The van der Waals surface area contributed by atoms with E-state index in [1.807, 2.05) is 48.4 Å². The van der Waals surface area contributed by atoms with E-state index < -0.39 is 0 Å². The van der Waals surface area contributed by atoms with Crippen molar-refractivity contribution < 1.29 is 9.53 Å². The van der Waals surface area contributed by atoms with E-state index in [0.717, 1.165) is 42.3 Å². The molecule has 1 aromatic heterocycles. The van der Waals surface area contributed by atoms with Crippen molar-refractivity contribution in [2.75, 3.05) is 13.1 Å². The van der Waals surface area contributed by atoms with Crippen molar-refractivity contribution >= 4 is 17.2 Å². The predicted molar refractivity (Wildman–Crippen MR) is 103 cm³/mol. The Morgan fingerprint density at radius 2 is 2.04 bits per heavy atom. The molecule has 0 bridgehead atoms. The lowest BCUT2D eigenvalue weighted by Crippen LogP contribution is -2.33. The molecular formula is C20H25N3O2S. The maximum atomic E-state index is 12.8. The smallest absolute Gasteiger partial charge is 0.273 e. The van der Waals surface area contributed by atoms with E-state index in [-0.39, 0.29) is 18.1 Å². The van der Waals surface area contributed by atoms with Gasteiger partial charge >= 0.3 is 0 Å². The number of benzene rings is 1. The largest absolute Gasteiger partial charge is 0.491 e. The first kappa shape index (κ1) is 17.5. The number of carbonyl (C=O) groups is 1. The number of rotatable bonds is 4. The molecule has 5 nitrogen and oxygen atoms in total. The van der Waals surface area contributed by atoms with Gasteiger partial charge in [0.2, 0.25) is 0 Å². The Hall–Kier alpha value is -1.92. The molecule has 2 aromatic rings. The van der Waals surface area contributed by atoms with Gasteiger partial charge in [0.15, 0.2) is 0 Å². The molecule has 2 N–H and O–H groups in total. The number of thiazole rings is 1. The fourth-order valence-electron chi connectivity index (χ4n) is 4.09. The molecule has 138 valence electrons. The number of nitrogens with two attached hydrogens (primary N) is 1. The molecule has 3 unspecified atom stereocenters. The van der Waals surface area contributed by atoms with E-state index >= 15 is 0 Å². The highest BCUT2D eigenvalue weighted by molar-refractivity contribution is 7.13. The first-order valence-corrected chi connectivity index (χ1v) is 10.2. The third-order valence-corrected chi connectivity index (χ3v) is 6.29. The lowest BCUT2D eigenvalue weighted by Gasteiger charge is -2.17. The van der Waals surface area contributed by atoms with Gasteiger partial charge in [0.1, 0.15) is 16.5 Å². The molecular weight excluding hydrogens is 346 g/mol. The van der Waals surface area contributed by atoms with Crippen molar-refractivity contribution in [2.24, 2.45) is 17.6 Å². The highest BCUT2D eigenvalue weighted by Gasteiger charge is 2.42.